The van der Waals surface area contributed by atoms with Crippen LogP contribution in [0.1, 0.15) is 16.7 Å². The zero-order chi connectivity index (χ0) is 21.0. The fourth-order valence-electron chi connectivity index (χ4n) is 4.01. The number of sulfonamides is 1. The van der Waals surface area contributed by atoms with Gasteiger partial charge in [-0.25, -0.2) is 8.42 Å². The van der Waals surface area contributed by atoms with Crippen LogP contribution >= 0.6 is 24.0 Å². The molecule has 0 bridgehead atoms. The number of rotatable bonds is 5. The van der Waals surface area contributed by atoms with Crippen LogP contribution in [0, 0.1) is 0 Å². The summed E-state index contributed by atoms with van der Waals surface area (Å²) < 4.78 is 32.5. The Balaban J connectivity index is 0.00000272. The number of halogens is 1. The molecule has 0 spiro atoms. The second kappa shape index (κ2) is 10.8. The van der Waals surface area contributed by atoms with Gasteiger partial charge in [-0.3, -0.25) is 4.99 Å². The predicted molar refractivity (Wildman–Crippen MR) is 135 cm³/mol. The first kappa shape index (κ1) is 24.0. The highest BCUT2D eigenvalue weighted by Crippen LogP contribution is 2.27. The molecule has 0 radical (unpaired) electrons. The Morgan fingerprint density at radius 1 is 1.03 bits per heavy atom. The summed E-state index contributed by atoms with van der Waals surface area (Å²) in [6, 6.07) is 16.0. The van der Waals surface area contributed by atoms with Crippen LogP contribution in [0.3, 0.4) is 0 Å². The number of para-hydroxylation sites is 1. The third-order valence-electron chi connectivity index (χ3n) is 5.61. The molecule has 2 aliphatic heterocycles. The van der Waals surface area contributed by atoms with Crippen LogP contribution in [0.5, 0.6) is 0 Å². The van der Waals surface area contributed by atoms with Crippen molar-refractivity contribution in [2.24, 2.45) is 4.99 Å². The topological polar surface area (TPSA) is 74.2 Å². The smallest absolute Gasteiger partial charge is 0.218 e. The molecule has 2 heterocycles. The predicted octanol–water partition coefficient (Wildman–Crippen LogP) is 2.60. The second-order valence-electron chi connectivity index (χ2n) is 7.47. The highest BCUT2D eigenvalue weighted by atomic mass is 127. The maximum Gasteiger partial charge on any atom is 0.218 e. The van der Waals surface area contributed by atoms with Gasteiger partial charge in [0, 0.05) is 38.9 Å². The van der Waals surface area contributed by atoms with Gasteiger partial charge in [0.1, 0.15) is 0 Å². The van der Waals surface area contributed by atoms with Gasteiger partial charge >= 0.3 is 0 Å². The third-order valence-corrected chi connectivity index (χ3v) is 7.44. The minimum atomic E-state index is -3.37. The summed E-state index contributed by atoms with van der Waals surface area (Å²) in [6.45, 7) is 3.14. The largest absolute Gasteiger partial charge is 0.379 e. The average Bonchev–Trinajstić information content (AvgIpc) is 3.20. The molecule has 1 N–H and O–H groups in total. The number of nitrogens with one attached hydrogen (secondary N) is 1. The quantitative estimate of drug-likeness (QED) is 0.349. The van der Waals surface area contributed by atoms with E-state index in [0.29, 0.717) is 32.8 Å². The van der Waals surface area contributed by atoms with E-state index >= 15 is 0 Å². The molecule has 0 saturated carbocycles. The van der Waals surface area contributed by atoms with Crippen LogP contribution in [-0.2, 0) is 33.5 Å². The number of aliphatic imine (C=N–C) groups is 1. The maximum atomic E-state index is 12.9. The van der Waals surface area contributed by atoms with Crippen molar-refractivity contribution in [2.75, 3.05) is 44.8 Å². The van der Waals surface area contributed by atoms with E-state index in [2.05, 4.69) is 33.4 Å². The molecule has 1 saturated heterocycles. The van der Waals surface area contributed by atoms with E-state index in [4.69, 9.17) is 4.74 Å². The lowest BCUT2D eigenvalue weighted by atomic mass is 10.1. The van der Waals surface area contributed by atoms with E-state index in [1.165, 1.54) is 15.6 Å². The van der Waals surface area contributed by atoms with E-state index in [1.807, 2.05) is 30.3 Å². The number of nitrogens with zero attached hydrogens (tertiary/aromatic N) is 3. The van der Waals surface area contributed by atoms with Crippen molar-refractivity contribution >= 4 is 45.6 Å². The van der Waals surface area contributed by atoms with Gasteiger partial charge in [0.25, 0.3) is 0 Å². The summed E-state index contributed by atoms with van der Waals surface area (Å²) in [5.74, 6) is 0.793. The van der Waals surface area contributed by atoms with E-state index in [0.717, 1.165) is 30.1 Å². The number of fused-ring (bicyclic) bond motifs is 1. The summed E-state index contributed by atoms with van der Waals surface area (Å²) in [4.78, 5) is 6.64. The van der Waals surface area contributed by atoms with Crippen molar-refractivity contribution in [3.8, 4) is 0 Å². The van der Waals surface area contributed by atoms with E-state index in [-0.39, 0.29) is 29.7 Å². The first-order chi connectivity index (χ1) is 14.6. The molecule has 0 amide bonds. The Bertz CT molecular complexity index is 1020. The van der Waals surface area contributed by atoms with Crippen LogP contribution < -0.4 is 10.2 Å². The molecule has 2 aromatic carbocycles. The maximum absolute atomic E-state index is 12.9. The van der Waals surface area contributed by atoms with Gasteiger partial charge in [-0.1, -0.05) is 42.5 Å². The molecular formula is C22H29IN4O3S. The van der Waals surface area contributed by atoms with Gasteiger partial charge in [-0.05, 0) is 29.2 Å². The molecule has 1 fully saturated rings. The zero-order valence-corrected chi connectivity index (χ0v) is 20.8. The Labute approximate surface area is 201 Å². The summed E-state index contributed by atoms with van der Waals surface area (Å²) in [5.41, 5.74) is 4.27. The molecule has 31 heavy (non-hydrogen) atoms. The van der Waals surface area contributed by atoms with Crippen molar-refractivity contribution in [3.63, 3.8) is 0 Å². The van der Waals surface area contributed by atoms with Crippen molar-refractivity contribution in [2.45, 2.75) is 18.7 Å². The molecule has 0 atom stereocenters. The van der Waals surface area contributed by atoms with Gasteiger partial charge in [0.2, 0.25) is 10.0 Å². The van der Waals surface area contributed by atoms with Crippen LogP contribution in [0.4, 0.5) is 5.69 Å². The van der Waals surface area contributed by atoms with Crippen molar-refractivity contribution in [1.82, 2.24) is 9.62 Å². The number of hydrogen-bond acceptors (Lipinski definition) is 4. The van der Waals surface area contributed by atoms with Gasteiger partial charge < -0.3 is 15.0 Å². The summed E-state index contributed by atoms with van der Waals surface area (Å²) >= 11 is 0. The Morgan fingerprint density at radius 2 is 1.71 bits per heavy atom. The zero-order valence-electron chi connectivity index (χ0n) is 17.7. The second-order valence-corrected chi connectivity index (χ2v) is 9.44. The number of guanidine groups is 1. The lowest BCUT2D eigenvalue weighted by molar-refractivity contribution is 0.0729. The fraction of sp³-hybridized carbons (Fsp3) is 0.409. The molecule has 0 unspecified atom stereocenters. The van der Waals surface area contributed by atoms with Gasteiger partial charge in [0.15, 0.2) is 5.96 Å². The van der Waals surface area contributed by atoms with E-state index in [9.17, 15) is 8.42 Å². The minimum Gasteiger partial charge on any atom is -0.379 e. The Morgan fingerprint density at radius 3 is 2.45 bits per heavy atom. The number of anilines is 1. The molecule has 4 rings (SSSR count). The molecule has 168 valence electrons. The Kier molecular flexibility index (Phi) is 8.31. The first-order valence-electron chi connectivity index (χ1n) is 10.3. The summed E-state index contributed by atoms with van der Waals surface area (Å²) in [5, 5.41) is 3.42. The van der Waals surface area contributed by atoms with Crippen molar-refractivity contribution in [1.29, 1.82) is 0 Å². The van der Waals surface area contributed by atoms with Crippen LogP contribution in [0.25, 0.3) is 0 Å². The number of morpholine rings is 1. The average molecular weight is 556 g/mol. The molecular weight excluding hydrogens is 527 g/mol. The van der Waals surface area contributed by atoms with Crippen LogP contribution in [0.15, 0.2) is 53.5 Å². The standard InChI is InChI=1S/C22H28N4O3S.HI/c1-23-22(26-11-10-18-6-4-5-9-21(18)26)24-16-19-7-2-3-8-20(19)17-30(27,28)25-12-14-29-15-13-25;/h2-9H,10-17H2,1H3,(H,23,24);1H. The minimum absolute atomic E-state index is 0. The van der Waals surface area contributed by atoms with E-state index in [1.54, 1.807) is 7.05 Å². The first-order valence-corrected chi connectivity index (χ1v) is 11.9. The number of benzene rings is 2. The molecule has 2 aliphatic rings. The van der Waals surface area contributed by atoms with Crippen LogP contribution in [-0.4, -0.2) is 58.6 Å². The molecule has 2 aromatic rings. The lowest BCUT2D eigenvalue weighted by Crippen LogP contribution is -2.41. The third kappa shape index (κ3) is 5.57. The van der Waals surface area contributed by atoms with Gasteiger partial charge in [-0.15, -0.1) is 24.0 Å². The molecule has 9 heteroatoms. The number of ether oxygens (including phenoxy) is 1. The lowest BCUT2D eigenvalue weighted by Gasteiger charge is -2.26. The molecule has 0 aromatic heterocycles. The monoisotopic (exact) mass is 556 g/mol. The summed E-state index contributed by atoms with van der Waals surface area (Å²) in [6.07, 6.45) is 0.991. The van der Waals surface area contributed by atoms with Crippen molar-refractivity contribution < 1.29 is 13.2 Å². The van der Waals surface area contributed by atoms with Gasteiger partial charge in [0.05, 0.1) is 19.0 Å². The SMILES string of the molecule is CN=C(NCc1ccccc1CS(=O)(=O)N1CCOCC1)N1CCc2ccccc21.I. The van der Waals surface area contributed by atoms with Gasteiger partial charge in [-0.2, -0.15) is 4.31 Å². The highest BCUT2D eigenvalue weighted by Gasteiger charge is 2.26. The molecule has 7 nitrogen and oxygen atoms in total. The highest BCUT2D eigenvalue weighted by molar-refractivity contribution is 14.0. The van der Waals surface area contributed by atoms with Crippen LogP contribution in [0.2, 0.25) is 0 Å². The summed E-state index contributed by atoms with van der Waals surface area (Å²) in [7, 11) is -1.60. The number of hydrogen-bond donors (Lipinski definition) is 1. The fourth-order valence-corrected chi connectivity index (χ4v) is 5.57. The normalized spacial score (nSPS) is 17.2. The molecule has 0 aliphatic carbocycles. The van der Waals surface area contributed by atoms with E-state index < -0.39 is 10.0 Å². The Hall–Kier alpha value is -1.69. The van der Waals surface area contributed by atoms with Crippen molar-refractivity contribution in [3.05, 3.63) is 65.2 Å².